The molecular formula is C62H127N2O7P. The second-order valence-corrected chi connectivity index (χ2v) is 25.0. The number of aliphatic hydroxyl groups is 2. The number of nitrogens with one attached hydrogen (secondary N) is 1. The molecule has 4 atom stereocenters. The topological polar surface area (TPSA) is 128 Å². The summed E-state index contributed by atoms with van der Waals surface area (Å²) in [6.45, 7) is 4.49. The van der Waals surface area contributed by atoms with Gasteiger partial charge in [0.05, 0.1) is 39.9 Å². The molecule has 0 rings (SSSR count). The fourth-order valence-corrected chi connectivity index (χ4v) is 10.9. The molecule has 0 aliphatic heterocycles. The van der Waals surface area contributed by atoms with Gasteiger partial charge < -0.3 is 34.0 Å². The fraction of sp³-hybridized carbons (Fsp3) is 0.984. The first-order valence-corrected chi connectivity index (χ1v) is 33.4. The zero-order valence-electron chi connectivity index (χ0n) is 49.0. The van der Waals surface area contributed by atoms with Crippen molar-refractivity contribution in [3.05, 3.63) is 0 Å². The molecule has 0 radical (unpaired) electrons. The predicted molar refractivity (Wildman–Crippen MR) is 309 cm³/mol. The maximum absolute atomic E-state index is 13.0. The largest absolute Gasteiger partial charge is 0.756 e. The van der Waals surface area contributed by atoms with E-state index in [2.05, 4.69) is 19.2 Å². The first-order chi connectivity index (χ1) is 34.9. The molecule has 0 aromatic heterocycles. The molecule has 0 aliphatic carbocycles. The van der Waals surface area contributed by atoms with Crippen molar-refractivity contribution in [2.75, 3.05) is 40.9 Å². The maximum Gasteiger partial charge on any atom is 0.268 e. The van der Waals surface area contributed by atoms with Crippen LogP contribution in [0.5, 0.6) is 0 Å². The lowest BCUT2D eigenvalue weighted by Crippen LogP contribution is -2.51. The minimum atomic E-state index is -4.67. The van der Waals surface area contributed by atoms with Crippen molar-refractivity contribution in [1.29, 1.82) is 0 Å². The van der Waals surface area contributed by atoms with E-state index in [4.69, 9.17) is 9.05 Å². The highest BCUT2D eigenvalue weighted by Gasteiger charge is 2.29. The van der Waals surface area contributed by atoms with E-state index >= 15 is 0 Å². The third-order valence-electron chi connectivity index (χ3n) is 15.2. The number of hydrogen-bond donors (Lipinski definition) is 3. The summed E-state index contributed by atoms with van der Waals surface area (Å²) in [5, 5.41) is 24.8. The van der Waals surface area contributed by atoms with Crippen LogP contribution < -0.4 is 10.2 Å². The number of aliphatic hydroxyl groups excluding tert-OH is 2. The summed E-state index contributed by atoms with van der Waals surface area (Å²) < 4.78 is 23.3. The number of phosphoric ester groups is 1. The number of likely N-dealkylation sites (N-methyl/N-ethyl adjacent to an activating group) is 1. The van der Waals surface area contributed by atoms with Crippen LogP contribution in [-0.4, -0.2) is 79.8 Å². The quantitative estimate of drug-likeness (QED) is 0.0314. The number of carbonyl (C=O) groups is 1. The Labute approximate surface area is 449 Å². The zero-order valence-corrected chi connectivity index (χ0v) is 49.9. The van der Waals surface area contributed by atoms with E-state index < -0.39 is 32.7 Å². The number of carbonyl (C=O) groups excluding carboxylic acids is 1. The fourth-order valence-electron chi connectivity index (χ4n) is 10.1. The third-order valence-corrected chi connectivity index (χ3v) is 16.2. The molecule has 0 aromatic carbocycles. The summed E-state index contributed by atoms with van der Waals surface area (Å²) in [5.74, 6) is -0.270. The Balaban J connectivity index is 3.92. The van der Waals surface area contributed by atoms with E-state index in [1.54, 1.807) is 0 Å². The van der Waals surface area contributed by atoms with Gasteiger partial charge in [-0.3, -0.25) is 9.36 Å². The van der Waals surface area contributed by atoms with Crippen LogP contribution in [-0.2, 0) is 18.4 Å². The number of nitrogens with zero attached hydrogens (tertiary/aromatic N) is 1. The lowest BCUT2D eigenvalue weighted by Gasteiger charge is -2.31. The highest BCUT2D eigenvalue weighted by Crippen LogP contribution is 2.38. The van der Waals surface area contributed by atoms with Crippen molar-refractivity contribution in [3.63, 3.8) is 0 Å². The van der Waals surface area contributed by atoms with Gasteiger partial charge in [0, 0.05) is 6.42 Å². The summed E-state index contributed by atoms with van der Waals surface area (Å²) in [7, 11) is 1.14. The molecule has 0 heterocycles. The molecule has 0 bridgehead atoms. The van der Waals surface area contributed by atoms with Gasteiger partial charge in [-0.1, -0.05) is 316 Å². The van der Waals surface area contributed by atoms with Crippen LogP contribution in [0.2, 0.25) is 0 Å². The summed E-state index contributed by atoms with van der Waals surface area (Å²) in [5.41, 5.74) is 0. The number of unbranched alkanes of at least 4 members (excludes halogenated alkanes) is 46. The van der Waals surface area contributed by atoms with Crippen molar-refractivity contribution < 1.29 is 38.0 Å². The second-order valence-electron chi connectivity index (χ2n) is 23.6. The minimum Gasteiger partial charge on any atom is -0.756 e. The molecule has 0 saturated heterocycles. The first-order valence-electron chi connectivity index (χ1n) is 32.0. The number of amides is 1. The van der Waals surface area contributed by atoms with Crippen molar-refractivity contribution in [2.24, 2.45) is 0 Å². The molecule has 0 fully saturated rings. The minimum absolute atomic E-state index is 0.0365. The molecule has 9 nitrogen and oxygen atoms in total. The van der Waals surface area contributed by atoms with Crippen LogP contribution in [0, 0.1) is 0 Å². The van der Waals surface area contributed by atoms with Gasteiger partial charge in [0.2, 0.25) is 5.91 Å². The van der Waals surface area contributed by atoms with Crippen LogP contribution in [0.3, 0.4) is 0 Å². The van der Waals surface area contributed by atoms with E-state index in [0.717, 1.165) is 38.5 Å². The van der Waals surface area contributed by atoms with Crippen LogP contribution in [0.1, 0.15) is 335 Å². The molecule has 10 heteroatoms. The molecular weight excluding hydrogens is 916 g/mol. The molecule has 0 aliphatic rings. The lowest BCUT2D eigenvalue weighted by atomic mass is 9.99. The first kappa shape index (κ1) is 71.5. The molecule has 0 saturated carbocycles. The Bertz CT molecular complexity index is 1150. The molecule has 72 heavy (non-hydrogen) atoms. The summed E-state index contributed by atoms with van der Waals surface area (Å²) in [6, 6.07) is -1.07. The van der Waals surface area contributed by atoms with Gasteiger partial charge in [0.1, 0.15) is 19.3 Å². The third kappa shape index (κ3) is 54.3. The highest BCUT2D eigenvalue weighted by molar-refractivity contribution is 7.45. The molecule has 0 spiro atoms. The van der Waals surface area contributed by atoms with Gasteiger partial charge in [0.15, 0.2) is 0 Å². The number of phosphoric acid groups is 1. The molecule has 432 valence electrons. The Morgan fingerprint density at radius 3 is 0.986 bits per heavy atom. The maximum atomic E-state index is 13.0. The van der Waals surface area contributed by atoms with Crippen molar-refractivity contribution in [1.82, 2.24) is 5.32 Å². The molecule has 3 N–H and O–H groups in total. The van der Waals surface area contributed by atoms with E-state index in [1.807, 2.05) is 21.1 Å². The highest BCUT2D eigenvalue weighted by atomic mass is 31.2. The molecule has 0 aromatic rings. The van der Waals surface area contributed by atoms with Crippen LogP contribution >= 0.6 is 7.82 Å². The van der Waals surface area contributed by atoms with Gasteiger partial charge in [0.25, 0.3) is 7.82 Å². The van der Waals surface area contributed by atoms with Crippen molar-refractivity contribution >= 4 is 13.7 Å². The Hall–Kier alpha value is -0.540. The summed E-state index contributed by atoms with van der Waals surface area (Å²) >= 11 is 0. The molecule has 1 amide bonds. The van der Waals surface area contributed by atoms with Gasteiger partial charge in [-0.2, -0.15) is 0 Å². The Morgan fingerprint density at radius 2 is 0.708 bits per heavy atom. The van der Waals surface area contributed by atoms with Crippen LogP contribution in [0.4, 0.5) is 0 Å². The Morgan fingerprint density at radius 1 is 0.444 bits per heavy atom. The smallest absolute Gasteiger partial charge is 0.268 e. The van der Waals surface area contributed by atoms with Gasteiger partial charge in [-0.15, -0.1) is 0 Å². The van der Waals surface area contributed by atoms with Gasteiger partial charge in [-0.25, -0.2) is 0 Å². The number of rotatable bonds is 60. The van der Waals surface area contributed by atoms with Crippen LogP contribution in [0.25, 0.3) is 0 Å². The normalized spacial score (nSPS) is 14.2. The summed E-state index contributed by atoms with van der Waals surface area (Å²) in [6.07, 6.45) is 62.1. The van der Waals surface area contributed by atoms with E-state index in [1.165, 1.54) is 270 Å². The monoisotopic (exact) mass is 1040 g/mol. The SMILES string of the molecule is CCCCCCCCCCCCCCCCCCCCCCCCCCCCCCCCCCCCCCC(=O)NC(COP(=O)([O-])OCC[N+](C)(C)C)C(O)C(O)CCCCCCCCCCCCCC. The van der Waals surface area contributed by atoms with Crippen LogP contribution in [0.15, 0.2) is 0 Å². The Kier molecular flexibility index (Phi) is 53.4. The standard InChI is InChI=1S/C62H127N2O7P/c1-6-8-10-12-14-16-18-20-21-22-23-24-25-26-27-28-29-30-31-32-33-34-35-36-37-38-39-40-41-42-43-45-47-49-51-53-55-61(66)63-59(58-71-72(68,69)70-57-56-64(3,4)5)62(67)60(65)54-52-50-48-46-44-19-17-15-13-11-9-7-2/h59-60,62,65,67H,6-58H2,1-5H3,(H-,63,66,68,69). The van der Waals surface area contributed by atoms with E-state index in [-0.39, 0.29) is 18.9 Å². The van der Waals surface area contributed by atoms with E-state index in [9.17, 15) is 24.5 Å². The summed E-state index contributed by atoms with van der Waals surface area (Å²) in [4.78, 5) is 25.6. The zero-order chi connectivity index (χ0) is 52.9. The van der Waals surface area contributed by atoms with E-state index in [0.29, 0.717) is 17.4 Å². The van der Waals surface area contributed by atoms with Crippen molar-refractivity contribution in [3.8, 4) is 0 Å². The predicted octanol–water partition coefficient (Wildman–Crippen LogP) is 17.9. The lowest BCUT2D eigenvalue weighted by molar-refractivity contribution is -0.870. The van der Waals surface area contributed by atoms with Gasteiger partial charge in [-0.05, 0) is 12.8 Å². The van der Waals surface area contributed by atoms with Gasteiger partial charge >= 0.3 is 0 Å². The van der Waals surface area contributed by atoms with Crippen molar-refractivity contribution in [2.45, 2.75) is 353 Å². The molecule has 4 unspecified atom stereocenters. The number of quaternary nitrogens is 1. The average Bonchev–Trinajstić information content (AvgIpc) is 3.34. The second kappa shape index (κ2) is 53.8. The average molecular weight is 1040 g/mol. The number of hydrogen-bond acceptors (Lipinski definition) is 7.